The summed E-state index contributed by atoms with van der Waals surface area (Å²) in [5, 5.41) is 1.32. The number of hydrogen-bond donors (Lipinski definition) is 0. The van der Waals surface area contributed by atoms with E-state index in [1.54, 1.807) is 5.57 Å². The van der Waals surface area contributed by atoms with Gasteiger partial charge in [0, 0.05) is 49.9 Å². The molecule has 1 saturated carbocycles. The van der Waals surface area contributed by atoms with Crippen LogP contribution in [-0.4, -0.2) is 14.5 Å². The topological polar surface area (TPSA) is 30.7 Å². The Kier molecular flexibility index (Phi) is 6.24. The first kappa shape index (κ1) is 28.9. The van der Waals surface area contributed by atoms with E-state index < -0.39 is 0 Å². The SMILES string of the molecule is CC1(C)C2=Cc3c(n(-c4ccc(-c5cc(-c6ccccc6)nc(-c6ccccc6)n5)cc4)c4ccccc34)CC2(C)C2(C)C=CC=CC12. The van der Waals surface area contributed by atoms with Crippen LogP contribution in [0.25, 0.3) is 56.6 Å². The molecule has 4 aromatic carbocycles. The fourth-order valence-electron chi connectivity index (χ4n) is 9.33. The molecule has 3 aliphatic carbocycles. The Morgan fingerprint density at radius 3 is 2.00 bits per heavy atom. The Labute approximate surface area is 283 Å². The first-order valence-electron chi connectivity index (χ1n) is 17.1. The van der Waals surface area contributed by atoms with Gasteiger partial charge < -0.3 is 4.57 Å². The van der Waals surface area contributed by atoms with Gasteiger partial charge in [-0.2, -0.15) is 0 Å². The number of fused-ring (bicyclic) bond motifs is 6. The van der Waals surface area contributed by atoms with Gasteiger partial charge >= 0.3 is 0 Å². The van der Waals surface area contributed by atoms with E-state index in [1.165, 1.54) is 27.8 Å². The molecule has 0 saturated heterocycles. The highest BCUT2D eigenvalue weighted by molar-refractivity contribution is 5.94. The standard InChI is InChI=1S/C45H39N3/c1-43(2)40-21-13-14-26-44(40,3)45(4)29-39-35(27-41(43)45)34-19-11-12-20-38(34)48(39)33-24-22-31(23-25-33)37-28-36(30-15-7-5-8-16-30)46-42(47-37)32-17-9-6-10-18-32/h5-28,40H,29H2,1-4H3. The number of allylic oxidation sites excluding steroid dienone is 5. The van der Waals surface area contributed by atoms with Gasteiger partial charge in [-0.25, -0.2) is 9.97 Å². The van der Waals surface area contributed by atoms with Crippen molar-refractivity contribution in [3.63, 3.8) is 0 Å². The Morgan fingerprint density at radius 1 is 0.667 bits per heavy atom. The van der Waals surface area contributed by atoms with Crippen LogP contribution < -0.4 is 0 Å². The summed E-state index contributed by atoms with van der Waals surface area (Å²) < 4.78 is 2.52. The van der Waals surface area contributed by atoms with E-state index >= 15 is 0 Å². The average molecular weight is 622 g/mol. The minimum Gasteiger partial charge on any atom is -0.313 e. The molecule has 0 N–H and O–H groups in total. The molecule has 0 bridgehead atoms. The molecular weight excluding hydrogens is 583 g/mol. The highest BCUT2D eigenvalue weighted by atomic mass is 15.0. The Morgan fingerprint density at radius 2 is 1.29 bits per heavy atom. The maximum absolute atomic E-state index is 5.08. The molecule has 3 nitrogen and oxygen atoms in total. The van der Waals surface area contributed by atoms with Crippen molar-refractivity contribution < 1.29 is 0 Å². The van der Waals surface area contributed by atoms with Crippen LogP contribution in [0, 0.1) is 22.2 Å². The molecular formula is C45H39N3. The lowest BCUT2D eigenvalue weighted by atomic mass is 9.59. The fraction of sp³-hybridized carbons (Fsp3) is 0.200. The summed E-state index contributed by atoms with van der Waals surface area (Å²) in [6.45, 7) is 9.92. The largest absolute Gasteiger partial charge is 0.313 e. The summed E-state index contributed by atoms with van der Waals surface area (Å²) in [6, 6.07) is 40.6. The Balaban J connectivity index is 1.18. The zero-order valence-corrected chi connectivity index (χ0v) is 28.0. The van der Waals surface area contributed by atoms with E-state index in [4.69, 9.17) is 9.97 Å². The molecule has 3 heteroatoms. The normalized spacial score (nSPS) is 23.4. The molecule has 0 aliphatic heterocycles. The molecule has 0 spiro atoms. The van der Waals surface area contributed by atoms with Crippen LogP contribution in [0.2, 0.25) is 0 Å². The summed E-state index contributed by atoms with van der Waals surface area (Å²) in [5.41, 5.74) is 11.9. The highest BCUT2D eigenvalue weighted by Gasteiger charge is 2.64. The number of para-hydroxylation sites is 1. The second-order valence-electron chi connectivity index (χ2n) is 14.7. The van der Waals surface area contributed by atoms with Gasteiger partial charge in [-0.15, -0.1) is 0 Å². The third-order valence-corrected chi connectivity index (χ3v) is 11.8. The maximum atomic E-state index is 5.08. The molecule has 0 radical (unpaired) electrons. The van der Waals surface area contributed by atoms with Gasteiger partial charge in [-0.3, -0.25) is 0 Å². The second kappa shape index (κ2) is 10.4. The molecule has 3 atom stereocenters. The third kappa shape index (κ3) is 4.06. The fourth-order valence-corrected chi connectivity index (χ4v) is 9.33. The van der Waals surface area contributed by atoms with Crippen LogP contribution in [0.15, 0.2) is 145 Å². The molecule has 6 aromatic rings. The van der Waals surface area contributed by atoms with Gasteiger partial charge in [-0.05, 0) is 42.0 Å². The molecule has 3 unspecified atom stereocenters. The minimum absolute atomic E-state index is 0.00410. The van der Waals surface area contributed by atoms with E-state index in [9.17, 15) is 0 Å². The van der Waals surface area contributed by atoms with E-state index in [0.29, 0.717) is 5.92 Å². The summed E-state index contributed by atoms with van der Waals surface area (Å²) >= 11 is 0. The van der Waals surface area contributed by atoms with Gasteiger partial charge in [0.15, 0.2) is 5.82 Å². The van der Waals surface area contributed by atoms with Crippen molar-refractivity contribution in [3.05, 3.63) is 156 Å². The van der Waals surface area contributed by atoms with Crippen molar-refractivity contribution in [2.24, 2.45) is 22.2 Å². The quantitative estimate of drug-likeness (QED) is 0.196. The molecule has 48 heavy (non-hydrogen) atoms. The Hall–Kier alpha value is -5.28. The highest BCUT2D eigenvalue weighted by Crippen LogP contribution is 2.71. The average Bonchev–Trinajstić information content (AvgIpc) is 3.51. The van der Waals surface area contributed by atoms with E-state index in [1.807, 2.05) is 24.3 Å². The monoisotopic (exact) mass is 621 g/mol. The van der Waals surface area contributed by atoms with E-state index in [-0.39, 0.29) is 16.2 Å². The zero-order valence-electron chi connectivity index (χ0n) is 28.0. The van der Waals surface area contributed by atoms with Crippen LogP contribution in [0.1, 0.15) is 39.0 Å². The lowest BCUT2D eigenvalue weighted by Gasteiger charge is -2.45. The number of hydrogen-bond acceptors (Lipinski definition) is 2. The first-order valence-corrected chi connectivity index (χ1v) is 17.1. The van der Waals surface area contributed by atoms with Crippen LogP contribution in [0.4, 0.5) is 0 Å². The third-order valence-electron chi connectivity index (χ3n) is 11.8. The smallest absolute Gasteiger partial charge is 0.160 e. The zero-order chi connectivity index (χ0) is 32.7. The van der Waals surface area contributed by atoms with Gasteiger partial charge in [0.05, 0.1) is 16.9 Å². The van der Waals surface area contributed by atoms with E-state index in [0.717, 1.165) is 40.3 Å². The van der Waals surface area contributed by atoms with Crippen molar-refractivity contribution in [1.82, 2.24) is 14.5 Å². The minimum atomic E-state index is 0.00410. The van der Waals surface area contributed by atoms with Crippen LogP contribution in [0.3, 0.4) is 0 Å². The predicted octanol–water partition coefficient (Wildman–Crippen LogP) is 11.2. The van der Waals surface area contributed by atoms with Gasteiger partial charge in [0.1, 0.15) is 0 Å². The molecule has 3 aliphatic rings. The molecule has 1 fully saturated rings. The van der Waals surface area contributed by atoms with Crippen molar-refractivity contribution >= 4 is 17.0 Å². The van der Waals surface area contributed by atoms with Crippen molar-refractivity contribution in [1.29, 1.82) is 0 Å². The summed E-state index contributed by atoms with van der Waals surface area (Å²) in [7, 11) is 0. The Bertz CT molecular complexity index is 2250. The van der Waals surface area contributed by atoms with Crippen LogP contribution >= 0.6 is 0 Å². The lowest BCUT2D eigenvalue weighted by Crippen LogP contribution is -2.39. The summed E-state index contributed by atoms with van der Waals surface area (Å²) in [6.07, 6.45) is 13.0. The molecule has 9 rings (SSSR count). The van der Waals surface area contributed by atoms with Crippen LogP contribution in [-0.2, 0) is 6.42 Å². The second-order valence-corrected chi connectivity index (χ2v) is 14.7. The maximum Gasteiger partial charge on any atom is 0.160 e. The molecule has 2 aromatic heterocycles. The number of rotatable bonds is 4. The summed E-state index contributed by atoms with van der Waals surface area (Å²) in [4.78, 5) is 10.1. The van der Waals surface area contributed by atoms with Crippen molar-refractivity contribution in [3.8, 4) is 39.6 Å². The number of benzene rings is 4. The first-order chi connectivity index (χ1) is 23.3. The predicted molar refractivity (Wildman–Crippen MR) is 199 cm³/mol. The van der Waals surface area contributed by atoms with Crippen molar-refractivity contribution in [2.45, 2.75) is 34.1 Å². The molecule has 2 heterocycles. The van der Waals surface area contributed by atoms with Crippen molar-refractivity contribution in [2.75, 3.05) is 0 Å². The van der Waals surface area contributed by atoms with Gasteiger partial charge in [0.2, 0.25) is 0 Å². The summed E-state index contributed by atoms with van der Waals surface area (Å²) in [5.74, 6) is 1.19. The van der Waals surface area contributed by atoms with Crippen LogP contribution in [0.5, 0.6) is 0 Å². The van der Waals surface area contributed by atoms with E-state index in [2.05, 4.69) is 154 Å². The number of aromatic nitrogens is 3. The van der Waals surface area contributed by atoms with Gasteiger partial charge in [-0.1, -0.05) is 155 Å². The number of nitrogens with zero attached hydrogens (tertiary/aromatic N) is 3. The molecule has 234 valence electrons. The lowest BCUT2D eigenvalue weighted by molar-refractivity contribution is 0.146. The molecule has 0 amide bonds. The van der Waals surface area contributed by atoms with Gasteiger partial charge in [0.25, 0.3) is 0 Å².